The predicted octanol–water partition coefficient (Wildman–Crippen LogP) is 3.45. The number of benzene rings is 2. The summed E-state index contributed by atoms with van der Waals surface area (Å²) < 4.78 is 14.0. The minimum Gasteiger partial charge on any atom is -0.301 e. The van der Waals surface area contributed by atoms with Crippen LogP contribution < -0.4 is 5.32 Å². The lowest BCUT2D eigenvalue weighted by molar-refractivity contribution is -0.118. The molecule has 1 aliphatic rings. The topological polar surface area (TPSA) is 72.3 Å². The first-order valence-corrected chi connectivity index (χ1v) is 10.6. The Morgan fingerprint density at radius 1 is 1.30 bits per heavy atom. The van der Waals surface area contributed by atoms with Crippen LogP contribution in [-0.2, 0) is 11.3 Å². The van der Waals surface area contributed by atoms with Gasteiger partial charge in [0.15, 0.2) is 5.13 Å². The normalized spacial score (nSPS) is 17.7. The van der Waals surface area contributed by atoms with E-state index in [1.54, 1.807) is 6.07 Å². The van der Waals surface area contributed by atoms with Gasteiger partial charge in [0.1, 0.15) is 5.82 Å². The van der Waals surface area contributed by atoms with E-state index in [2.05, 4.69) is 33.1 Å². The third-order valence-corrected chi connectivity index (χ3v) is 6.22. The van der Waals surface area contributed by atoms with Crippen LogP contribution in [0.25, 0.3) is 10.2 Å². The molecule has 0 saturated carbocycles. The lowest BCUT2D eigenvalue weighted by atomic mass is 10.1. The summed E-state index contributed by atoms with van der Waals surface area (Å²) in [4.78, 5) is 21.4. The van der Waals surface area contributed by atoms with Crippen LogP contribution in [0.1, 0.15) is 18.1 Å². The fourth-order valence-electron chi connectivity index (χ4n) is 3.69. The highest BCUT2D eigenvalue weighted by Gasteiger charge is 2.25. The van der Waals surface area contributed by atoms with Crippen LogP contribution in [0.3, 0.4) is 0 Å². The van der Waals surface area contributed by atoms with Gasteiger partial charge in [0.25, 0.3) is 0 Å². The molecule has 0 spiro atoms. The van der Waals surface area contributed by atoms with Crippen LogP contribution in [-0.4, -0.2) is 52.9 Å². The van der Waals surface area contributed by atoms with Crippen molar-refractivity contribution >= 4 is 32.6 Å². The maximum atomic E-state index is 13.3. The minimum absolute atomic E-state index is 0.109. The molecule has 1 fully saturated rings. The van der Waals surface area contributed by atoms with E-state index in [1.165, 1.54) is 29.0 Å². The molecule has 30 heavy (non-hydrogen) atoms. The van der Waals surface area contributed by atoms with E-state index in [0.717, 1.165) is 30.9 Å². The smallest absolute Gasteiger partial charge is 0.240 e. The van der Waals surface area contributed by atoms with Crippen LogP contribution in [0.15, 0.2) is 42.5 Å². The van der Waals surface area contributed by atoms with Gasteiger partial charge in [-0.15, -0.1) is 0 Å². The van der Waals surface area contributed by atoms with Crippen LogP contribution in [0.4, 0.5) is 9.52 Å². The van der Waals surface area contributed by atoms with Crippen molar-refractivity contribution in [2.45, 2.75) is 19.5 Å². The molecule has 1 N–H and O–H groups in total. The molecule has 0 aliphatic carbocycles. The van der Waals surface area contributed by atoms with Crippen molar-refractivity contribution in [3.8, 4) is 6.07 Å². The van der Waals surface area contributed by atoms with Gasteiger partial charge in [0.05, 0.1) is 28.4 Å². The number of fused-ring (bicyclic) bond motifs is 1. The van der Waals surface area contributed by atoms with Crippen molar-refractivity contribution < 1.29 is 9.18 Å². The molecular formula is C22H22FN5OS. The molecule has 3 aromatic rings. The first-order chi connectivity index (χ1) is 14.5. The number of piperazine rings is 1. The molecule has 2 aromatic carbocycles. The second kappa shape index (κ2) is 8.88. The summed E-state index contributed by atoms with van der Waals surface area (Å²) >= 11 is 1.28. The van der Waals surface area contributed by atoms with Gasteiger partial charge in [0, 0.05) is 32.2 Å². The highest BCUT2D eigenvalue weighted by molar-refractivity contribution is 7.22. The number of hydrogen-bond donors (Lipinski definition) is 1. The number of hydrogen-bond acceptors (Lipinski definition) is 6. The van der Waals surface area contributed by atoms with E-state index in [0.29, 0.717) is 22.8 Å². The number of amides is 1. The van der Waals surface area contributed by atoms with Crippen LogP contribution >= 0.6 is 11.3 Å². The maximum Gasteiger partial charge on any atom is 0.240 e. The molecule has 1 saturated heterocycles. The molecule has 154 valence electrons. The first kappa shape index (κ1) is 20.4. The fraction of sp³-hybridized carbons (Fsp3) is 0.318. The summed E-state index contributed by atoms with van der Waals surface area (Å²) in [5, 5.41) is 12.2. The number of carbonyl (C=O) groups excluding carboxylic acids is 1. The van der Waals surface area contributed by atoms with Crippen LogP contribution in [0, 0.1) is 17.1 Å². The molecule has 2 heterocycles. The highest BCUT2D eigenvalue weighted by Crippen LogP contribution is 2.26. The third-order valence-electron chi connectivity index (χ3n) is 5.28. The number of nitriles is 1. The van der Waals surface area contributed by atoms with E-state index in [9.17, 15) is 9.18 Å². The Morgan fingerprint density at radius 2 is 2.10 bits per heavy atom. The van der Waals surface area contributed by atoms with Gasteiger partial charge >= 0.3 is 0 Å². The fourth-order valence-corrected chi connectivity index (χ4v) is 4.59. The minimum atomic E-state index is -0.309. The van der Waals surface area contributed by atoms with Gasteiger partial charge in [0.2, 0.25) is 5.91 Å². The maximum absolute atomic E-state index is 13.3. The van der Waals surface area contributed by atoms with Crippen LogP contribution in [0.5, 0.6) is 0 Å². The summed E-state index contributed by atoms with van der Waals surface area (Å²) in [6, 6.07) is 14.5. The number of halogens is 1. The van der Waals surface area contributed by atoms with E-state index in [4.69, 9.17) is 5.26 Å². The molecule has 1 atom stereocenters. The number of nitrogens with zero attached hydrogens (tertiary/aromatic N) is 4. The van der Waals surface area contributed by atoms with Gasteiger partial charge < -0.3 is 5.32 Å². The number of aromatic nitrogens is 1. The molecule has 1 amide bonds. The Bertz CT molecular complexity index is 1090. The highest BCUT2D eigenvalue weighted by atomic mass is 32.1. The third kappa shape index (κ3) is 4.82. The number of thiazole rings is 1. The zero-order chi connectivity index (χ0) is 21.1. The molecule has 1 aromatic heterocycles. The summed E-state index contributed by atoms with van der Waals surface area (Å²) in [5.41, 5.74) is 2.53. The average molecular weight is 424 g/mol. The van der Waals surface area contributed by atoms with Gasteiger partial charge in [-0.05, 0) is 42.8 Å². The van der Waals surface area contributed by atoms with Gasteiger partial charge in [-0.25, -0.2) is 9.37 Å². The van der Waals surface area contributed by atoms with Crippen molar-refractivity contribution in [1.82, 2.24) is 14.8 Å². The molecule has 1 aliphatic heterocycles. The monoisotopic (exact) mass is 423 g/mol. The Morgan fingerprint density at radius 3 is 2.83 bits per heavy atom. The Hall–Kier alpha value is -2.86. The van der Waals surface area contributed by atoms with Crippen molar-refractivity contribution in [1.29, 1.82) is 5.26 Å². The van der Waals surface area contributed by atoms with E-state index >= 15 is 0 Å². The van der Waals surface area contributed by atoms with E-state index in [-0.39, 0.29) is 17.8 Å². The molecule has 6 nitrogen and oxygen atoms in total. The Kier molecular flexibility index (Phi) is 6.04. The summed E-state index contributed by atoms with van der Waals surface area (Å²) in [7, 11) is 0. The second-order valence-electron chi connectivity index (χ2n) is 7.54. The molecule has 0 radical (unpaired) electrons. The molecule has 8 heteroatoms. The zero-order valence-corrected chi connectivity index (χ0v) is 17.5. The summed E-state index contributed by atoms with van der Waals surface area (Å²) in [6.45, 7) is 5.80. The lowest BCUT2D eigenvalue weighted by Crippen LogP contribution is -2.53. The van der Waals surface area contributed by atoms with E-state index in [1.807, 2.05) is 24.3 Å². The van der Waals surface area contributed by atoms with Crippen molar-refractivity contribution in [3.63, 3.8) is 0 Å². The second-order valence-corrected chi connectivity index (χ2v) is 8.57. The SMILES string of the molecule is C[C@H]1CN(Cc2ccc(C#N)cc2)CCN1CC(=O)Nc1nc2ccc(F)cc2s1. The van der Waals surface area contributed by atoms with Crippen molar-refractivity contribution in [3.05, 3.63) is 59.4 Å². The predicted molar refractivity (Wildman–Crippen MR) is 116 cm³/mol. The molecule has 0 bridgehead atoms. The van der Waals surface area contributed by atoms with Crippen molar-refractivity contribution in [2.24, 2.45) is 0 Å². The summed E-state index contributed by atoms with van der Waals surface area (Å²) in [5.74, 6) is -0.418. The number of carbonyl (C=O) groups is 1. The number of nitrogens with one attached hydrogen (secondary N) is 1. The van der Waals surface area contributed by atoms with E-state index < -0.39 is 0 Å². The standard InChI is InChI=1S/C22H22FN5OS/c1-15-12-27(13-17-4-2-16(11-24)3-5-17)8-9-28(15)14-21(29)26-22-25-19-7-6-18(23)10-20(19)30-22/h2-7,10,15H,8-9,12-14H2,1H3,(H,25,26,29)/t15-/m0/s1. The largest absolute Gasteiger partial charge is 0.301 e. The average Bonchev–Trinajstić information content (AvgIpc) is 3.11. The van der Waals surface area contributed by atoms with Crippen molar-refractivity contribution in [2.75, 3.05) is 31.5 Å². The zero-order valence-electron chi connectivity index (χ0n) is 16.6. The first-order valence-electron chi connectivity index (χ1n) is 9.81. The van der Waals surface area contributed by atoms with Crippen LogP contribution in [0.2, 0.25) is 0 Å². The van der Waals surface area contributed by atoms with Gasteiger partial charge in [-0.3, -0.25) is 14.6 Å². The Balaban J connectivity index is 1.29. The lowest BCUT2D eigenvalue weighted by Gasteiger charge is -2.39. The number of rotatable bonds is 5. The summed E-state index contributed by atoms with van der Waals surface area (Å²) in [6.07, 6.45) is 0. The molecule has 0 unspecified atom stereocenters. The molecular weight excluding hydrogens is 401 g/mol. The number of anilines is 1. The van der Waals surface area contributed by atoms with Gasteiger partial charge in [-0.2, -0.15) is 5.26 Å². The van der Waals surface area contributed by atoms with Gasteiger partial charge in [-0.1, -0.05) is 23.5 Å². The quantitative estimate of drug-likeness (QED) is 0.681. The Labute approximate surface area is 178 Å². The molecule has 4 rings (SSSR count).